The van der Waals surface area contributed by atoms with Gasteiger partial charge in [0, 0.05) is 20.1 Å². The molecule has 1 saturated carbocycles. The Labute approximate surface area is 179 Å². The van der Waals surface area contributed by atoms with E-state index in [0.717, 1.165) is 37.8 Å². The van der Waals surface area contributed by atoms with Gasteiger partial charge in [-0.1, -0.05) is 18.9 Å². The number of amides is 1. The SMILES string of the molecule is CN(C)C(=O)CNC(=NCc1ccc(F)cc1C(F)(F)F)NC1CCCC1.I. The first-order valence-corrected chi connectivity index (χ1v) is 8.77. The van der Waals surface area contributed by atoms with E-state index in [2.05, 4.69) is 15.6 Å². The lowest BCUT2D eigenvalue weighted by molar-refractivity contribution is -0.138. The number of alkyl halides is 3. The molecular formula is C18H25F4IN4O. The second-order valence-corrected chi connectivity index (χ2v) is 6.73. The Hall–Kier alpha value is -1.59. The molecule has 0 atom stereocenters. The van der Waals surface area contributed by atoms with Crippen molar-refractivity contribution in [3.05, 3.63) is 35.1 Å². The number of rotatable bonds is 5. The van der Waals surface area contributed by atoms with E-state index in [1.807, 2.05) is 0 Å². The summed E-state index contributed by atoms with van der Waals surface area (Å²) in [6.45, 7) is -0.311. The molecule has 10 heteroatoms. The van der Waals surface area contributed by atoms with Crippen LogP contribution < -0.4 is 10.6 Å². The Kier molecular flexibility index (Phi) is 9.45. The number of nitrogens with zero attached hydrogens (tertiary/aromatic N) is 2. The smallest absolute Gasteiger partial charge is 0.354 e. The van der Waals surface area contributed by atoms with Gasteiger partial charge in [-0.3, -0.25) is 4.79 Å². The zero-order valence-electron chi connectivity index (χ0n) is 15.8. The molecule has 2 rings (SSSR count). The summed E-state index contributed by atoms with van der Waals surface area (Å²) in [7, 11) is 3.22. The van der Waals surface area contributed by atoms with Crippen molar-refractivity contribution in [1.29, 1.82) is 0 Å². The number of likely N-dealkylation sites (N-methyl/N-ethyl adjacent to an activating group) is 1. The summed E-state index contributed by atoms with van der Waals surface area (Å²) in [5, 5.41) is 6.02. The molecule has 5 nitrogen and oxygen atoms in total. The summed E-state index contributed by atoms with van der Waals surface area (Å²) < 4.78 is 52.6. The maximum absolute atomic E-state index is 13.2. The molecule has 1 aromatic rings. The third kappa shape index (κ3) is 7.44. The number of guanidine groups is 1. The lowest BCUT2D eigenvalue weighted by Gasteiger charge is -2.19. The predicted molar refractivity (Wildman–Crippen MR) is 110 cm³/mol. The quantitative estimate of drug-likeness (QED) is 0.273. The fourth-order valence-corrected chi connectivity index (χ4v) is 2.85. The Morgan fingerprint density at radius 2 is 1.89 bits per heavy atom. The van der Waals surface area contributed by atoms with Crippen LogP contribution in [0.4, 0.5) is 17.6 Å². The monoisotopic (exact) mass is 516 g/mol. The number of halogens is 5. The average Bonchev–Trinajstić information content (AvgIpc) is 3.09. The van der Waals surface area contributed by atoms with E-state index in [9.17, 15) is 22.4 Å². The molecule has 0 unspecified atom stereocenters. The Bertz CT molecular complexity index is 689. The number of hydrogen-bond donors (Lipinski definition) is 2. The number of benzene rings is 1. The van der Waals surface area contributed by atoms with Crippen LogP contribution in [-0.4, -0.2) is 43.4 Å². The van der Waals surface area contributed by atoms with Crippen LogP contribution in [0.1, 0.15) is 36.8 Å². The highest BCUT2D eigenvalue weighted by molar-refractivity contribution is 14.0. The van der Waals surface area contributed by atoms with Crippen LogP contribution in [-0.2, 0) is 17.5 Å². The number of carbonyl (C=O) groups excluding carboxylic acids is 1. The fourth-order valence-electron chi connectivity index (χ4n) is 2.85. The van der Waals surface area contributed by atoms with Gasteiger partial charge in [0.25, 0.3) is 0 Å². The second-order valence-electron chi connectivity index (χ2n) is 6.73. The maximum Gasteiger partial charge on any atom is 0.416 e. The molecule has 158 valence electrons. The first-order chi connectivity index (χ1) is 12.7. The highest BCUT2D eigenvalue weighted by atomic mass is 127. The van der Waals surface area contributed by atoms with Crippen molar-refractivity contribution >= 4 is 35.8 Å². The predicted octanol–water partition coefficient (Wildman–Crippen LogP) is 3.53. The molecule has 28 heavy (non-hydrogen) atoms. The standard InChI is InChI=1S/C18H24F4N4O.HI/c1-26(2)16(27)11-24-17(25-14-5-3-4-6-14)23-10-12-7-8-13(19)9-15(12)18(20,21)22;/h7-9,14H,3-6,10-11H2,1-2H3,(H2,23,24,25);1H. The van der Waals surface area contributed by atoms with Crippen LogP contribution in [0.2, 0.25) is 0 Å². The van der Waals surface area contributed by atoms with Crippen molar-refractivity contribution < 1.29 is 22.4 Å². The summed E-state index contributed by atoms with van der Waals surface area (Å²) >= 11 is 0. The van der Waals surface area contributed by atoms with Gasteiger partial charge in [0.15, 0.2) is 5.96 Å². The second kappa shape index (κ2) is 10.8. The van der Waals surface area contributed by atoms with E-state index >= 15 is 0 Å². The van der Waals surface area contributed by atoms with E-state index < -0.39 is 17.6 Å². The Morgan fingerprint density at radius 3 is 2.46 bits per heavy atom. The van der Waals surface area contributed by atoms with Crippen molar-refractivity contribution in [3.8, 4) is 0 Å². The van der Waals surface area contributed by atoms with Crippen LogP contribution in [0.15, 0.2) is 23.2 Å². The lowest BCUT2D eigenvalue weighted by Crippen LogP contribution is -2.46. The third-order valence-corrected chi connectivity index (χ3v) is 4.39. The largest absolute Gasteiger partial charge is 0.416 e. The summed E-state index contributed by atoms with van der Waals surface area (Å²) in [6.07, 6.45) is -0.658. The molecule has 0 aromatic heterocycles. The normalized spacial score (nSPS) is 15.1. The van der Waals surface area contributed by atoms with E-state index in [4.69, 9.17) is 0 Å². The average molecular weight is 516 g/mol. The van der Waals surface area contributed by atoms with Crippen molar-refractivity contribution in [3.63, 3.8) is 0 Å². The molecule has 1 aliphatic carbocycles. The molecule has 1 aliphatic rings. The van der Waals surface area contributed by atoms with Crippen LogP contribution in [0.5, 0.6) is 0 Å². The van der Waals surface area contributed by atoms with E-state index in [0.29, 0.717) is 6.07 Å². The minimum absolute atomic E-state index is 0. The van der Waals surface area contributed by atoms with E-state index in [1.165, 1.54) is 4.90 Å². The molecule has 0 bridgehead atoms. The molecule has 1 aromatic carbocycles. The molecule has 0 radical (unpaired) electrons. The molecule has 1 amide bonds. The molecule has 1 fully saturated rings. The van der Waals surface area contributed by atoms with Gasteiger partial charge in [0.2, 0.25) is 5.91 Å². The van der Waals surface area contributed by atoms with Gasteiger partial charge >= 0.3 is 6.18 Å². The number of hydrogen-bond acceptors (Lipinski definition) is 2. The topological polar surface area (TPSA) is 56.7 Å². The highest BCUT2D eigenvalue weighted by Crippen LogP contribution is 2.32. The fraction of sp³-hybridized carbons (Fsp3) is 0.556. The molecule has 0 heterocycles. The van der Waals surface area contributed by atoms with Crippen molar-refractivity contribution in [2.75, 3.05) is 20.6 Å². The molecule has 0 spiro atoms. The van der Waals surface area contributed by atoms with E-state index in [1.54, 1.807) is 14.1 Å². The van der Waals surface area contributed by atoms with Crippen LogP contribution in [0, 0.1) is 5.82 Å². The van der Waals surface area contributed by atoms with Crippen LogP contribution in [0.3, 0.4) is 0 Å². The summed E-state index contributed by atoms with van der Waals surface area (Å²) in [5.41, 5.74) is -1.17. The summed E-state index contributed by atoms with van der Waals surface area (Å²) in [5.74, 6) is -0.864. The van der Waals surface area contributed by atoms with Gasteiger partial charge in [-0.15, -0.1) is 24.0 Å². The van der Waals surface area contributed by atoms with Crippen LogP contribution >= 0.6 is 24.0 Å². The summed E-state index contributed by atoms with van der Waals surface area (Å²) in [6, 6.07) is 2.70. The minimum Gasteiger partial charge on any atom is -0.354 e. The lowest BCUT2D eigenvalue weighted by atomic mass is 10.1. The van der Waals surface area contributed by atoms with Crippen molar-refractivity contribution in [1.82, 2.24) is 15.5 Å². The third-order valence-electron chi connectivity index (χ3n) is 4.39. The minimum atomic E-state index is -4.67. The molecule has 0 aliphatic heterocycles. The highest BCUT2D eigenvalue weighted by Gasteiger charge is 2.33. The van der Waals surface area contributed by atoms with Gasteiger partial charge in [0.1, 0.15) is 5.82 Å². The number of carbonyl (C=O) groups is 1. The van der Waals surface area contributed by atoms with Gasteiger partial charge in [0.05, 0.1) is 18.7 Å². The zero-order valence-corrected chi connectivity index (χ0v) is 18.1. The zero-order chi connectivity index (χ0) is 20.0. The molecule has 0 saturated heterocycles. The van der Waals surface area contributed by atoms with Gasteiger partial charge < -0.3 is 15.5 Å². The maximum atomic E-state index is 13.2. The Balaban J connectivity index is 0.00000392. The van der Waals surface area contributed by atoms with Crippen molar-refractivity contribution in [2.24, 2.45) is 4.99 Å². The van der Waals surface area contributed by atoms with Crippen molar-refractivity contribution in [2.45, 2.75) is 44.4 Å². The first kappa shape index (κ1) is 24.4. The Morgan fingerprint density at radius 1 is 1.25 bits per heavy atom. The molecule has 2 N–H and O–H groups in total. The van der Waals surface area contributed by atoms with E-state index in [-0.39, 0.29) is 60.5 Å². The number of aliphatic imine (C=N–C) groups is 1. The first-order valence-electron chi connectivity index (χ1n) is 8.77. The van der Waals surface area contributed by atoms with Gasteiger partial charge in [-0.2, -0.15) is 13.2 Å². The summed E-state index contributed by atoms with van der Waals surface area (Å²) in [4.78, 5) is 17.4. The molecular weight excluding hydrogens is 491 g/mol. The van der Waals surface area contributed by atoms with Gasteiger partial charge in [-0.25, -0.2) is 9.38 Å². The number of nitrogens with one attached hydrogen (secondary N) is 2. The van der Waals surface area contributed by atoms with Gasteiger partial charge in [-0.05, 0) is 30.5 Å². The van der Waals surface area contributed by atoms with Crippen LogP contribution in [0.25, 0.3) is 0 Å².